The fourth-order valence-corrected chi connectivity index (χ4v) is 1.31. The molecule has 11 heavy (non-hydrogen) atoms. The Morgan fingerprint density at radius 1 is 1.45 bits per heavy atom. The van der Waals surface area contributed by atoms with Crippen molar-refractivity contribution in [2.24, 2.45) is 0 Å². The third-order valence-electron chi connectivity index (χ3n) is 1.76. The summed E-state index contributed by atoms with van der Waals surface area (Å²) in [7, 11) is 0. The van der Waals surface area contributed by atoms with Gasteiger partial charge in [0.1, 0.15) is 5.82 Å². The Bertz CT molecular complexity index is 225. The van der Waals surface area contributed by atoms with Crippen LogP contribution in [0.25, 0.3) is 0 Å². The molecule has 1 aromatic rings. The summed E-state index contributed by atoms with van der Waals surface area (Å²) in [6.07, 6.45) is 4.35. The quantitative estimate of drug-likeness (QED) is 0.649. The summed E-state index contributed by atoms with van der Waals surface area (Å²) < 4.78 is 2.25. The fraction of sp³-hybridized carbons (Fsp3) is 0.667. The highest BCUT2D eigenvalue weighted by Gasteiger charge is 2.00. The molecule has 1 rings (SSSR count). The van der Waals surface area contributed by atoms with Gasteiger partial charge >= 0.3 is 0 Å². The maximum absolute atomic E-state index is 4.41. The molecule has 0 amide bonds. The second-order valence-corrected chi connectivity index (χ2v) is 2.85. The smallest absolute Gasteiger partial charge is 0.108 e. The van der Waals surface area contributed by atoms with E-state index in [2.05, 4.69) is 29.6 Å². The van der Waals surface area contributed by atoms with Gasteiger partial charge in [0.25, 0.3) is 0 Å². The van der Waals surface area contributed by atoms with Crippen molar-refractivity contribution >= 4 is 0 Å². The molecule has 0 aliphatic rings. The molecule has 0 atom stereocenters. The average Bonchev–Trinajstić information content (AvgIpc) is 2.32. The zero-order valence-electron chi connectivity index (χ0n) is 7.59. The van der Waals surface area contributed by atoms with Crippen molar-refractivity contribution in [3.63, 3.8) is 0 Å². The van der Waals surface area contributed by atoms with Crippen LogP contribution in [0, 0.1) is 6.92 Å². The summed E-state index contributed by atoms with van der Waals surface area (Å²) in [5, 5.41) is 0. The van der Waals surface area contributed by atoms with Gasteiger partial charge in [-0.1, -0.05) is 13.8 Å². The van der Waals surface area contributed by atoms with Crippen molar-refractivity contribution in [3.8, 4) is 0 Å². The van der Waals surface area contributed by atoms with Crippen LogP contribution in [0.2, 0.25) is 0 Å². The molecule has 1 heterocycles. The molecule has 0 unspecified atom stereocenters. The van der Waals surface area contributed by atoms with Crippen molar-refractivity contribution in [2.45, 2.75) is 40.2 Å². The Morgan fingerprint density at radius 3 is 2.73 bits per heavy atom. The number of aryl methyl sites for hydroxylation is 3. The van der Waals surface area contributed by atoms with Crippen LogP contribution in [0.5, 0.6) is 0 Å². The molecule has 0 aliphatic carbocycles. The summed E-state index contributed by atoms with van der Waals surface area (Å²) >= 11 is 0. The van der Waals surface area contributed by atoms with Gasteiger partial charge in [-0.25, -0.2) is 4.98 Å². The minimum absolute atomic E-state index is 1.04. The first kappa shape index (κ1) is 8.31. The Kier molecular flexibility index (Phi) is 2.69. The van der Waals surface area contributed by atoms with E-state index in [9.17, 15) is 0 Å². The normalized spacial score (nSPS) is 10.5. The Labute approximate surface area is 68.3 Å². The first-order chi connectivity index (χ1) is 5.27. The highest BCUT2D eigenvalue weighted by atomic mass is 15.1. The van der Waals surface area contributed by atoms with Crippen molar-refractivity contribution in [1.82, 2.24) is 9.55 Å². The van der Waals surface area contributed by atoms with E-state index in [4.69, 9.17) is 0 Å². The third kappa shape index (κ3) is 1.82. The SMILES string of the molecule is CCCn1cc(C)nc1CC. The van der Waals surface area contributed by atoms with Gasteiger partial charge in [0, 0.05) is 19.2 Å². The van der Waals surface area contributed by atoms with Crippen molar-refractivity contribution in [3.05, 3.63) is 17.7 Å². The van der Waals surface area contributed by atoms with Crippen LogP contribution in [-0.2, 0) is 13.0 Å². The van der Waals surface area contributed by atoms with E-state index in [1.165, 1.54) is 12.2 Å². The van der Waals surface area contributed by atoms with Crippen LogP contribution in [0.1, 0.15) is 31.8 Å². The van der Waals surface area contributed by atoms with E-state index < -0.39 is 0 Å². The van der Waals surface area contributed by atoms with Gasteiger partial charge in [0.15, 0.2) is 0 Å². The standard InChI is InChI=1S/C9H16N2/c1-4-6-11-7-8(3)10-9(11)5-2/h7H,4-6H2,1-3H3. The molecule has 1 aromatic heterocycles. The van der Waals surface area contributed by atoms with Crippen LogP contribution >= 0.6 is 0 Å². The molecule has 0 fully saturated rings. The molecule has 2 nitrogen and oxygen atoms in total. The summed E-state index contributed by atoms with van der Waals surface area (Å²) in [4.78, 5) is 4.41. The number of imidazole rings is 1. The molecule has 62 valence electrons. The number of rotatable bonds is 3. The summed E-state index contributed by atoms with van der Waals surface area (Å²) in [6.45, 7) is 7.48. The maximum atomic E-state index is 4.41. The predicted molar refractivity (Wildman–Crippen MR) is 46.6 cm³/mol. The van der Waals surface area contributed by atoms with Gasteiger partial charge in [-0.15, -0.1) is 0 Å². The van der Waals surface area contributed by atoms with Gasteiger partial charge in [-0.3, -0.25) is 0 Å². The second kappa shape index (κ2) is 3.56. The molecule has 0 saturated carbocycles. The monoisotopic (exact) mass is 152 g/mol. The van der Waals surface area contributed by atoms with Crippen LogP contribution in [0.4, 0.5) is 0 Å². The molecular weight excluding hydrogens is 136 g/mol. The molecular formula is C9H16N2. The summed E-state index contributed by atoms with van der Waals surface area (Å²) in [5.74, 6) is 1.21. The van der Waals surface area contributed by atoms with E-state index in [-0.39, 0.29) is 0 Å². The lowest BCUT2D eigenvalue weighted by Crippen LogP contribution is -2.00. The molecule has 0 bridgehead atoms. The average molecular weight is 152 g/mol. The minimum atomic E-state index is 1.04. The zero-order valence-corrected chi connectivity index (χ0v) is 7.59. The second-order valence-electron chi connectivity index (χ2n) is 2.85. The minimum Gasteiger partial charge on any atom is -0.335 e. The van der Waals surface area contributed by atoms with Gasteiger partial charge in [-0.2, -0.15) is 0 Å². The van der Waals surface area contributed by atoms with Crippen molar-refractivity contribution < 1.29 is 0 Å². The van der Waals surface area contributed by atoms with E-state index in [1.807, 2.05) is 6.92 Å². The molecule has 0 aromatic carbocycles. The Morgan fingerprint density at radius 2 is 2.18 bits per heavy atom. The molecule has 0 spiro atoms. The summed E-state index contributed by atoms with van der Waals surface area (Å²) in [6, 6.07) is 0. The highest BCUT2D eigenvalue weighted by molar-refractivity contribution is 5.01. The Balaban J connectivity index is 2.83. The van der Waals surface area contributed by atoms with Crippen molar-refractivity contribution in [2.75, 3.05) is 0 Å². The fourth-order valence-electron chi connectivity index (χ4n) is 1.31. The third-order valence-corrected chi connectivity index (χ3v) is 1.76. The number of aromatic nitrogens is 2. The van der Waals surface area contributed by atoms with Gasteiger partial charge < -0.3 is 4.57 Å². The molecule has 0 N–H and O–H groups in total. The lowest BCUT2D eigenvalue weighted by molar-refractivity contribution is 0.642. The lowest BCUT2D eigenvalue weighted by atomic mass is 10.4. The molecule has 0 radical (unpaired) electrons. The largest absolute Gasteiger partial charge is 0.335 e. The van der Waals surface area contributed by atoms with Gasteiger partial charge in [-0.05, 0) is 13.3 Å². The van der Waals surface area contributed by atoms with E-state index >= 15 is 0 Å². The van der Waals surface area contributed by atoms with Gasteiger partial charge in [0.05, 0.1) is 5.69 Å². The first-order valence-electron chi connectivity index (χ1n) is 4.30. The Hall–Kier alpha value is -0.790. The summed E-state index contributed by atoms with van der Waals surface area (Å²) in [5.41, 5.74) is 1.13. The molecule has 0 saturated heterocycles. The molecule has 2 heteroatoms. The van der Waals surface area contributed by atoms with Crippen LogP contribution < -0.4 is 0 Å². The van der Waals surface area contributed by atoms with Crippen LogP contribution in [0.3, 0.4) is 0 Å². The number of hydrogen-bond acceptors (Lipinski definition) is 1. The number of hydrogen-bond donors (Lipinski definition) is 0. The number of nitrogens with zero attached hydrogens (tertiary/aromatic N) is 2. The van der Waals surface area contributed by atoms with Crippen LogP contribution in [0.15, 0.2) is 6.20 Å². The molecule has 0 aliphatic heterocycles. The first-order valence-corrected chi connectivity index (χ1v) is 4.30. The topological polar surface area (TPSA) is 17.8 Å². The maximum Gasteiger partial charge on any atom is 0.108 e. The highest BCUT2D eigenvalue weighted by Crippen LogP contribution is 2.03. The van der Waals surface area contributed by atoms with Crippen molar-refractivity contribution in [1.29, 1.82) is 0 Å². The van der Waals surface area contributed by atoms with Gasteiger partial charge in [0.2, 0.25) is 0 Å². The van der Waals surface area contributed by atoms with E-state index in [0.717, 1.165) is 18.7 Å². The van der Waals surface area contributed by atoms with E-state index in [0.29, 0.717) is 0 Å². The zero-order chi connectivity index (χ0) is 8.27. The predicted octanol–water partition coefficient (Wildman–Crippen LogP) is 2.16. The lowest BCUT2D eigenvalue weighted by Gasteiger charge is -2.01. The van der Waals surface area contributed by atoms with E-state index in [1.54, 1.807) is 0 Å². The van der Waals surface area contributed by atoms with Crippen LogP contribution in [-0.4, -0.2) is 9.55 Å².